The summed E-state index contributed by atoms with van der Waals surface area (Å²) in [6.45, 7) is 4.99. The molecule has 1 saturated heterocycles. The van der Waals surface area contributed by atoms with Crippen LogP contribution in [0, 0.1) is 6.92 Å². The number of aromatic nitrogens is 1. The van der Waals surface area contributed by atoms with Gasteiger partial charge in [0.25, 0.3) is 0 Å². The minimum absolute atomic E-state index is 0.0897. The van der Waals surface area contributed by atoms with Gasteiger partial charge in [0.1, 0.15) is 5.82 Å². The van der Waals surface area contributed by atoms with Crippen LogP contribution in [0.1, 0.15) is 30.4 Å². The summed E-state index contributed by atoms with van der Waals surface area (Å²) in [5.74, 6) is 0.902. The average Bonchev–Trinajstić information content (AvgIpc) is 2.94. The second-order valence-corrected chi connectivity index (χ2v) is 11.0. The number of hydrogen-bond acceptors (Lipinski definition) is 6. The van der Waals surface area contributed by atoms with Crippen LogP contribution in [0.2, 0.25) is 0 Å². The maximum Gasteiger partial charge on any atom is 0.180 e. The Morgan fingerprint density at radius 3 is 2.88 bits per heavy atom. The van der Waals surface area contributed by atoms with Gasteiger partial charge in [-0.3, -0.25) is 0 Å². The molecule has 0 saturated carbocycles. The molecule has 6 nitrogen and oxygen atoms in total. The van der Waals surface area contributed by atoms with Gasteiger partial charge in [0.2, 0.25) is 0 Å². The molecule has 1 atom stereocenters. The lowest BCUT2D eigenvalue weighted by atomic mass is 10.0. The van der Waals surface area contributed by atoms with Crippen molar-refractivity contribution >= 4 is 32.2 Å². The summed E-state index contributed by atoms with van der Waals surface area (Å²) in [6, 6.07) is 16.2. The molecule has 0 amide bonds. The molecule has 1 aromatic heterocycles. The van der Waals surface area contributed by atoms with Gasteiger partial charge in [-0.1, -0.05) is 36.2 Å². The van der Waals surface area contributed by atoms with Crippen LogP contribution in [-0.2, 0) is 16.4 Å². The molecule has 3 heterocycles. The highest BCUT2D eigenvalue weighted by atomic mass is 32.2. The van der Waals surface area contributed by atoms with E-state index in [9.17, 15) is 8.42 Å². The Morgan fingerprint density at radius 1 is 1.16 bits per heavy atom. The summed E-state index contributed by atoms with van der Waals surface area (Å²) in [4.78, 5) is 7.47. The molecule has 0 spiro atoms. The molecule has 3 aromatic rings. The Bertz CT molecular complexity index is 1240. The van der Waals surface area contributed by atoms with Gasteiger partial charge in [-0.25, -0.2) is 13.4 Å². The summed E-state index contributed by atoms with van der Waals surface area (Å²) >= 11 is 0. The predicted molar refractivity (Wildman–Crippen MR) is 130 cm³/mol. The van der Waals surface area contributed by atoms with Crippen LogP contribution in [-0.4, -0.2) is 44.8 Å². The molecule has 1 fully saturated rings. The van der Waals surface area contributed by atoms with Crippen LogP contribution in [0.15, 0.2) is 53.4 Å². The van der Waals surface area contributed by atoms with Crippen molar-refractivity contribution < 1.29 is 8.42 Å². The van der Waals surface area contributed by atoms with E-state index >= 15 is 0 Å². The zero-order valence-corrected chi connectivity index (χ0v) is 19.3. The lowest BCUT2D eigenvalue weighted by Gasteiger charge is -2.26. The molecule has 7 heteroatoms. The van der Waals surface area contributed by atoms with E-state index in [0.29, 0.717) is 24.0 Å². The first kappa shape index (κ1) is 21.2. The van der Waals surface area contributed by atoms with Gasteiger partial charge < -0.3 is 15.5 Å². The number of rotatable bonds is 4. The molecule has 2 aromatic carbocycles. The fourth-order valence-electron chi connectivity index (χ4n) is 4.72. The van der Waals surface area contributed by atoms with E-state index < -0.39 is 9.84 Å². The fraction of sp³-hybridized carbons (Fsp3) is 0.400. The number of benzene rings is 2. The summed E-state index contributed by atoms with van der Waals surface area (Å²) < 4.78 is 25.6. The molecule has 0 aliphatic carbocycles. The normalized spacial score (nSPS) is 20.5. The van der Waals surface area contributed by atoms with Crippen molar-refractivity contribution in [3.63, 3.8) is 0 Å². The minimum Gasteiger partial charge on any atom is -0.383 e. The highest BCUT2D eigenvalue weighted by Gasteiger charge is 2.26. The van der Waals surface area contributed by atoms with Gasteiger partial charge in [0, 0.05) is 42.8 Å². The van der Waals surface area contributed by atoms with Gasteiger partial charge in [0.15, 0.2) is 9.84 Å². The quantitative estimate of drug-likeness (QED) is 0.628. The largest absolute Gasteiger partial charge is 0.383 e. The third-order valence-electron chi connectivity index (χ3n) is 6.52. The highest BCUT2D eigenvalue weighted by molar-refractivity contribution is 7.91. The first-order valence-corrected chi connectivity index (χ1v) is 13.1. The molecule has 2 N–H and O–H groups in total. The number of anilines is 2. The van der Waals surface area contributed by atoms with Crippen LogP contribution >= 0.6 is 0 Å². The van der Waals surface area contributed by atoms with E-state index in [-0.39, 0.29) is 5.75 Å². The fourth-order valence-corrected chi connectivity index (χ4v) is 6.22. The molecule has 1 unspecified atom stereocenters. The third-order valence-corrected chi connectivity index (χ3v) is 8.31. The van der Waals surface area contributed by atoms with Crippen molar-refractivity contribution in [1.82, 2.24) is 10.3 Å². The number of nitrogens with zero attached hydrogens (tertiary/aromatic N) is 2. The van der Waals surface area contributed by atoms with Crippen LogP contribution in [0.3, 0.4) is 0 Å². The number of nitrogens with one attached hydrogen (secondary N) is 2. The summed E-state index contributed by atoms with van der Waals surface area (Å²) in [5.41, 5.74) is 4.01. The summed E-state index contributed by atoms with van der Waals surface area (Å²) in [7, 11) is -3.30. The maximum absolute atomic E-state index is 12.8. The van der Waals surface area contributed by atoms with Crippen LogP contribution in [0.5, 0.6) is 0 Å². The first-order chi connectivity index (χ1) is 15.5. The number of pyridine rings is 1. The topological polar surface area (TPSA) is 74.3 Å². The SMILES string of the molecule is Cc1ccc2nc(N3CCS(=O)(=O)c4ccccc4C3)cc(NCC3CCCCN3)c2c1. The second-order valence-electron chi connectivity index (χ2n) is 8.92. The average molecular weight is 451 g/mol. The van der Waals surface area contributed by atoms with E-state index in [1.54, 1.807) is 12.1 Å². The van der Waals surface area contributed by atoms with Gasteiger partial charge in [-0.15, -0.1) is 0 Å². The molecule has 168 valence electrons. The van der Waals surface area contributed by atoms with Crippen LogP contribution < -0.4 is 15.5 Å². The smallest absolute Gasteiger partial charge is 0.180 e. The van der Waals surface area contributed by atoms with Crippen molar-refractivity contribution in [2.45, 2.75) is 43.7 Å². The Kier molecular flexibility index (Phi) is 5.78. The zero-order valence-electron chi connectivity index (χ0n) is 18.5. The second kappa shape index (κ2) is 8.71. The standard InChI is InChI=1S/C25H30N4O2S/c1-18-9-10-22-21(14-18)23(27-16-20-7-4-5-11-26-20)15-25(28-22)29-12-13-32(30,31)24-8-3-2-6-19(24)17-29/h2-3,6,8-10,14-15,20,26H,4-5,7,11-13,16-17H2,1H3,(H,27,28). The van der Waals surface area contributed by atoms with Crippen LogP contribution in [0.25, 0.3) is 10.9 Å². The molecule has 5 rings (SSSR count). The lowest BCUT2D eigenvalue weighted by molar-refractivity contribution is 0.414. The van der Waals surface area contributed by atoms with Crippen LogP contribution in [0.4, 0.5) is 11.5 Å². The highest BCUT2D eigenvalue weighted by Crippen LogP contribution is 2.31. The Hall–Kier alpha value is -2.64. The number of hydrogen-bond donors (Lipinski definition) is 2. The van der Waals surface area contributed by atoms with Gasteiger partial charge in [0.05, 0.1) is 16.2 Å². The Labute approximate surface area is 190 Å². The number of sulfone groups is 1. The Morgan fingerprint density at radius 2 is 2.03 bits per heavy atom. The van der Waals surface area contributed by atoms with Crippen molar-refractivity contribution in [3.05, 3.63) is 59.7 Å². The molecular weight excluding hydrogens is 420 g/mol. The van der Waals surface area contributed by atoms with E-state index in [0.717, 1.165) is 41.1 Å². The molecule has 32 heavy (non-hydrogen) atoms. The number of piperidine rings is 1. The van der Waals surface area contributed by atoms with E-state index in [4.69, 9.17) is 4.98 Å². The lowest BCUT2D eigenvalue weighted by Crippen LogP contribution is -2.39. The predicted octanol–water partition coefficient (Wildman–Crippen LogP) is 3.89. The minimum atomic E-state index is -3.30. The van der Waals surface area contributed by atoms with Gasteiger partial charge in [-0.2, -0.15) is 0 Å². The molecule has 2 aliphatic rings. The number of aryl methyl sites for hydroxylation is 1. The van der Waals surface area contributed by atoms with Gasteiger partial charge >= 0.3 is 0 Å². The third kappa shape index (κ3) is 4.32. The van der Waals surface area contributed by atoms with Gasteiger partial charge in [-0.05, 0) is 50.1 Å². The monoisotopic (exact) mass is 450 g/mol. The van der Waals surface area contributed by atoms with Crippen molar-refractivity contribution in [2.24, 2.45) is 0 Å². The van der Waals surface area contributed by atoms with E-state index in [1.165, 1.54) is 24.8 Å². The summed E-state index contributed by atoms with van der Waals surface area (Å²) in [5, 5.41) is 8.37. The summed E-state index contributed by atoms with van der Waals surface area (Å²) in [6.07, 6.45) is 3.70. The molecule has 0 radical (unpaired) electrons. The molecule has 2 aliphatic heterocycles. The Balaban J connectivity index is 1.50. The molecular formula is C25H30N4O2S. The first-order valence-electron chi connectivity index (χ1n) is 11.4. The molecule has 0 bridgehead atoms. The van der Waals surface area contributed by atoms with E-state index in [2.05, 4.69) is 46.7 Å². The van der Waals surface area contributed by atoms with E-state index in [1.807, 2.05) is 12.1 Å². The zero-order chi connectivity index (χ0) is 22.1. The van der Waals surface area contributed by atoms with Crippen molar-refractivity contribution in [2.75, 3.05) is 35.6 Å². The van der Waals surface area contributed by atoms with Crippen molar-refractivity contribution in [1.29, 1.82) is 0 Å². The van der Waals surface area contributed by atoms with Crippen molar-refractivity contribution in [3.8, 4) is 0 Å². The maximum atomic E-state index is 12.8. The number of fused-ring (bicyclic) bond motifs is 2.